The van der Waals surface area contributed by atoms with Crippen molar-refractivity contribution in [3.05, 3.63) is 59.7 Å². The van der Waals surface area contributed by atoms with Gasteiger partial charge in [0.05, 0.1) is 0 Å². The van der Waals surface area contributed by atoms with Crippen molar-refractivity contribution in [3.63, 3.8) is 0 Å². The Kier molecular flexibility index (Phi) is 15.2. The molecule has 0 saturated carbocycles. The van der Waals surface area contributed by atoms with E-state index in [4.69, 9.17) is 0 Å². The molecule has 0 spiro atoms. The van der Waals surface area contributed by atoms with Gasteiger partial charge in [-0.3, -0.25) is 6.08 Å². The minimum absolute atomic E-state index is 0. The van der Waals surface area contributed by atoms with Gasteiger partial charge in [0.1, 0.15) is 0 Å². The van der Waals surface area contributed by atoms with Gasteiger partial charge in [-0.05, 0) is 30.5 Å². The van der Waals surface area contributed by atoms with Crippen LogP contribution in [0.3, 0.4) is 0 Å². The SMILES string of the molecule is CP(C)CC(C)(C1=[C-]CC=C1)c1ccccc1.Cl.Cl.Cl.[V]. The summed E-state index contributed by atoms with van der Waals surface area (Å²) in [5.41, 5.74) is 2.94. The minimum Gasteiger partial charge on any atom is -0.269 e. The maximum absolute atomic E-state index is 3.52. The summed E-state index contributed by atoms with van der Waals surface area (Å²) in [7, 11) is 0.0771. The summed E-state index contributed by atoms with van der Waals surface area (Å²) in [5, 5.41) is 0. The van der Waals surface area contributed by atoms with Crippen LogP contribution in [0.25, 0.3) is 0 Å². The van der Waals surface area contributed by atoms with Gasteiger partial charge in [-0.2, -0.15) is 6.08 Å². The molecule has 1 unspecified atom stereocenters. The quantitative estimate of drug-likeness (QED) is 0.451. The molecule has 1 radical (unpaired) electrons. The number of benzene rings is 1. The summed E-state index contributed by atoms with van der Waals surface area (Å²) in [6, 6.07) is 10.9. The molecule has 0 aromatic heterocycles. The van der Waals surface area contributed by atoms with Gasteiger partial charge in [0.25, 0.3) is 0 Å². The molecule has 0 nitrogen and oxygen atoms in total. The van der Waals surface area contributed by atoms with Gasteiger partial charge in [0, 0.05) is 18.6 Å². The van der Waals surface area contributed by atoms with Crippen molar-refractivity contribution in [2.75, 3.05) is 19.5 Å². The summed E-state index contributed by atoms with van der Waals surface area (Å²) < 4.78 is 0. The molecule has 1 atom stereocenters. The average molecular weight is 404 g/mol. The second-order valence-corrected chi connectivity index (χ2v) is 7.61. The third-order valence-electron chi connectivity index (χ3n) is 3.33. The molecule has 0 N–H and O–H groups in total. The standard InChI is InChI=1S/C16H20P.3ClH.V/c1-16(13-17(2)3,15-11-7-8-12-15)14-9-5-4-6-10-14;;;;/h4-7,9-11H,8,13H2,1-3H3;3*1H;/q-1;;;;. The molecule has 1 aromatic rings. The van der Waals surface area contributed by atoms with Gasteiger partial charge >= 0.3 is 0 Å². The summed E-state index contributed by atoms with van der Waals surface area (Å²) in [6.07, 6.45) is 10.2. The second kappa shape index (κ2) is 12.1. The normalized spacial score (nSPS) is 14.8. The minimum atomic E-state index is 0. The van der Waals surface area contributed by atoms with Crippen LogP contribution in [0.4, 0.5) is 0 Å². The van der Waals surface area contributed by atoms with E-state index >= 15 is 0 Å². The van der Waals surface area contributed by atoms with Gasteiger partial charge in [0.15, 0.2) is 0 Å². The molecule has 0 bridgehead atoms. The Labute approximate surface area is 161 Å². The van der Waals surface area contributed by atoms with E-state index in [1.165, 1.54) is 17.3 Å². The van der Waals surface area contributed by atoms with E-state index in [2.05, 4.69) is 68.8 Å². The van der Waals surface area contributed by atoms with Crippen LogP contribution in [0.1, 0.15) is 18.9 Å². The van der Waals surface area contributed by atoms with Crippen LogP contribution in [-0.4, -0.2) is 19.5 Å². The molecule has 1 aromatic carbocycles. The van der Waals surface area contributed by atoms with Crippen molar-refractivity contribution in [1.82, 2.24) is 0 Å². The second-order valence-electron chi connectivity index (χ2n) is 5.13. The smallest absolute Gasteiger partial charge is 0 e. The fourth-order valence-corrected chi connectivity index (χ4v) is 4.17. The molecule has 0 saturated heterocycles. The van der Waals surface area contributed by atoms with Crippen molar-refractivity contribution in [2.45, 2.75) is 18.8 Å². The van der Waals surface area contributed by atoms with Crippen LogP contribution < -0.4 is 0 Å². The molecule has 2 rings (SSSR count). The van der Waals surface area contributed by atoms with E-state index in [-0.39, 0.29) is 69.1 Å². The number of hydrogen-bond acceptors (Lipinski definition) is 0. The third kappa shape index (κ3) is 6.70. The van der Waals surface area contributed by atoms with Gasteiger partial charge in [0.2, 0.25) is 0 Å². The first-order valence-corrected chi connectivity index (χ1v) is 8.53. The Morgan fingerprint density at radius 1 is 1.10 bits per heavy atom. The molecule has 0 fully saturated rings. The number of allylic oxidation sites excluding steroid dienone is 4. The van der Waals surface area contributed by atoms with Gasteiger partial charge in [-0.1, -0.05) is 37.3 Å². The molecule has 0 heterocycles. The summed E-state index contributed by atoms with van der Waals surface area (Å²) >= 11 is 0. The fourth-order valence-electron chi connectivity index (χ4n) is 2.55. The van der Waals surface area contributed by atoms with E-state index in [9.17, 15) is 0 Å². The number of rotatable bonds is 4. The van der Waals surface area contributed by atoms with E-state index in [1.54, 1.807) is 0 Å². The first-order chi connectivity index (χ1) is 8.13. The molecule has 119 valence electrons. The summed E-state index contributed by atoms with van der Waals surface area (Å²) in [4.78, 5) is 0. The maximum Gasteiger partial charge on any atom is 0 e. The Morgan fingerprint density at radius 2 is 1.67 bits per heavy atom. The van der Waals surface area contributed by atoms with E-state index in [1.807, 2.05) is 0 Å². The molecule has 1 aliphatic rings. The fraction of sp³-hybridized carbons (Fsp3) is 0.375. The van der Waals surface area contributed by atoms with E-state index < -0.39 is 0 Å². The van der Waals surface area contributed by atoms with Crippen LogP contribution in [-0.2, 0) is 24.0 Å². The van der Waals surface area contributed by atoms with Crippen molar-refractivity contribution >= 4 is 45.1 Å². The Bertz CT molecular complexity index is 446. The van der Waals surface area contributed by atoms with Gasteiger partial charge < -0.3 is 0 Å². The molecular weight excluding hydrogens is 380 g/mol. The summed E-state index contributed by atoms with van der Waals surface area (Å²) in [6.45, 7) is 7.08. The zero-order chi connectivity index (χ0) is 12.3. The molecule has 1 aliphatic carbocycles. The molecule has 0 aliphatic heterocycles. The van der Waals surface area contributed by atoms with Crippen molar-refractivity contribution in [1.29, 1.82) is 0 Å². The Morgan fingerprint density at radius 3 is 2.10 bits per heavy atom. The summed E-state index contributed by atoms with van der Waals surface area (Å²) in [5.74, 6) is 0. The van der Waals surface area contributed by atoms with Crippen molar-refractivity contribution in [2.24, 2.45) is 0 Å². The van der Waals surface area contributed by atoms with Crippen LogP contribution >= 0.6 is 45.1 Å². The third-order valence-corrected chi connectivity index (χ3v) is 4.60. The Balaban J connectivity index is -0.000000810. The average Bonchev–Trinajstić information content (AvgIpc) is 2.83. The molecule has 5 heteroatoms. The number of halogens is 3. The topological polar surface area (TPSA) is 0 Å². The largest absolute Gasteiger partial charge is 0.269 e. The maximum atomic E-state index is 3.52. The van der Waals surface area contributed by atoms with Crippen LogP contribution in [0, 0.1) is 6.08 Å². The monoisotopic (exact) mass is 402 g/mol. The zero-order valence-electron chi connectivity index (χ0n) is 12.6. The predicted molar refractivity (Wildman–Crippen MR) is 99.7 cm³/mol. The predicted octanol–water partition coefficient (Wildman–Crippen LogP) is 5.64. The first kappa shape index (κ1) is 26.5. The molecule has 21 heavy (non-hydrogen) atoms. The van der Waals surface area contributed by atoms with Crippen LogP contribution in [0.2, 0.25) is 0 Å². The molecular formula is C16H23Cl3PV-. The van der Waals surface area contributed by atoms with Crippen molar-refractivity contribution < 1.29 is 18.6 Å². The van der Waals surface area contributed by atoms with E-state index in [0.717, 1.165) is 6.42 Å². The number of hydrogen-bond donors (Lipinski definition) is 0. The van der Waals surface area contributed by atoms with Gasteiger partial charge in [-0.25, -0.2) is 11.6 Å². The van der Waals surface area contributed by atoms with Gasteiger partial charge in [-0.15, -0.1) is 51.6 Å². The zero-order valence-corrected chi connectivity index (χ0v) is 17.3. The van der Waals surface area contributed by atoms with Crippen molar-refractivity contribution in [3.8, 4) is 0 Å². The van der Waals surface area contributed by atoms with Crippen LogP contribution in [0.15, 0.2) is 48.1 Å². The van der Waals surface area contributed by atoms with E-state index in [0.29, 0.717) is 0 Å². The Hall–Kier alpha value is 0.584. The van der Waals surface area contributed by atoms with Crippen LogP contribution in [0.5, 0.6) is 0 Å². The molecule has 0 amide bonds. The first-order valence-electron chi connectivity index (χ1n) is 6.11.